The second-order valence-electron chi connectivity index (χ2n) is 5.70. The summed E-state index contributed by atoms with van der Waals surface area (Å²) in [4.78, 5) is 14.6. The first kappa shape index (κ1) is 16.1. The molecule has 24 heavy (non-hydrogen) atoms. The Kier molecular flexibility index (Phi) is 4.79. The van der Waals surface area contributed by atoms with E-state index in [0.717, 1.165) is 28.5 Å². The zero-order valence-electron chi connectivity index (χ0n) is 13.9. The van der Waals surface area contributed by atoms with Gasteiger partial charge in [-0.05, 0) is 44.5 Å². The van der Waals surface area contributed by atoms with Crippen LogP contribution in [-0.2, 0) is 17.8 Å². The van der Waals surface area contributed by atoms with Gasteiger partial charge in [0.15, 0.2) is 0 Å². The van der Waals surface area contributed by atoms with Gasteiger partial charge in [-0.1, -0.05) is 23.4 Å². The molecule has 5 nitrogen and oxygen atoms in total. The van der Waals surface area contributed by atoms with Crippen LogP contribution in [0.25, 0.3) is 0 Å². The number of hydrogen-bond donors (Lipinski definition) is 0. The average Bonchev–Trinajstić information content (AvgIpc) is 3.22. The number of aryl methyl sites for hydroxylation is 2. The summed E-state index contributed by atoms with van der Waals surface area (Å²) < 4.78 is 10.6. The van der Waals surface area contributed by atoms with Gasteiger partial charge in [-0.3, -0.25) is 4.79 Å². The minimum absolute atomic E-state index is 0.0394. The molecule has 0 aliphatic carbocycles. The molecule has 0 saturated carbocycles. The highest BCUT2D eigenvalue weighted by atomic mass is 16.5. The Labute approximate surface area is 140 Å². The van der Waals surface area contributed by atoms with Gasteiger partial charge in [0.05, 0.1) is 18.5 Å². The fourth-order valence-corrected chi connectivity index (χ4v) is 2.72. The lowest BCUT2D eigenvalue weighted by atomic mass is 10.1. The number of rotatable bonds is 6. The topological polar surface area (TPSA) is 59.5 Å². The van der Waals surface area contributed by atoms with Crippen LogP contribution in [0.1, 0.15) is 29.2 Å². The molecular weight excluding hydrogens is 304 g/mol. The van der Waals surface area contributed by atoms with Crippen molar-refractivity contribution in [3.63, 3.8) is 0 Å². The van der Waals surface area contributed by atoms with Gasteiger partial charge in [0.25, 0.3) is 0 Å². The molecule has 1 aromatic carbocycles. The third-order valence-electron chi connectivity index (χ3n) is 4.03. The minimum atomic E-state index is 0.0394. The summed E-state index contributed by atoms with van der Waals surface area (Å²) >= 11 is 0. The molecule has 3 rings (SSSR count). The molecule has 2 aromatic heterocycles. The first-order valence-corrected chi connectivity index (χ1v) is 7.94. The van der Waals surface area contributed by atoms with Gasteiger partial charge in [0, 0.05) is 17.7 Å². The first-order chi connectivity index (χ1) is 11.6. The maximum atomic E-state index is 12.8. The van der Waals surface area contributed by atoms with Crippen molar-refractivity contribution in [2.45, 2.75) is 33.2 Å². The van der Waals surface area contributed by atoms with Gasteiger partial charge >= 0.3 is 0 Å². The third-order valence-corrected chi connectivity index (χ3v) is 4.03. The molecule has 0 spiro atoms. The molecule has 0 bridgehead atoms. The summed E-state index contributed by atoms with van der Waals surface area (Å²) in [5.41, 5.74) is 2.71. The van der Waals surface area contributed by atoms with Crippen LogP contribution in [0, 0.1) is 13.8 Å². The molecule has 0 saturated heterocycles. The first-order valence-electron chi connectivity index (χ1n) is 7.94. The number of furan rings is 1. The van der Waals surface area contributed by atoms with E-state index in [1.807, 2.05) is 56.3 Å². The van der Waals surface area contributed by atoms with Crippen molar-refractivity contribution in [2.75, 3.05) is 4.90 Å². The molecule has 3 aromatic rings. The monoisotopic (exact) mass is 324 g/mol. The van der Waals surface area contributed by atoms with E-state index < -0.39 is 0 Å². The zero-order chi connectivity index (χ0) is 16.9. The van der Waals surface area contributed by atoms with E-state index in [1.54, 1.807) is 11.2 Å². The molecule has 0 N–H and O–H groups in total. The van der Waals surface area contributed by atoms with Crippen molar-refractivity contribution in [1.82, 2.24) is 5.16 Å². The highest BCUT2D eigenvalue weighted by Crippen LogP contribution is 2.20. The van der Waals surface area contributed by atoms with Crippen LogP contribution in [0.2, 0.25) is 0 Å². The van der Waals surface area contributed by atoms with Gasteiger partial charge < -0.3 is 13.8 Å². The van der Waals surface area contributed by atoms with E-state index in [2.05, 4.69) is 5.16 Å². The van der Waals surface area contributed by atoms with E-state index in [-0.39, 0.29) is 5.91 Å². The van der Waals surface area contributed by atoms with Crippen molar-refractivity contribution >= 4 is 11.6 Å². The number of amides is 1. The fourth-order valence-electron chi connectivity index (χ4n) is 2.72. The SMILES string of the molecule is Cc1noc(C)c1CCC(=O)N(Cc1ccco1)c1ccccc1. The molecule has 2 heterocycles. The Hall–Kier alpha value is -2.82. The molecule has 0 fully saturated rings. The fraction of sp³-hybridized carbons (Fsp3) is 0.263. The Morgan fingerprint density at radius 1 is 1.12 bits per heavy atom. The maximum Gasteiger partial charge on any atom is 0.227 e. The largest absolute Gasteiger partial charge is 0.467 e. The van der Waals surface area contributed by atoms with Crippen molar-refractivity contribution in [3.8, 4) is 0 Å². The minimum Gasteiger partial charge on any atom is -0.467 e. The Morgan fingerprint density at radius 3 is 2.54 bits per heavy atom. The van der Waals surface area contributed by atoms with Crippen LogP contribution in [0.4, 0.5) is 5.69 Å². The van der Waals surface area contributed by atoms with E-state index in [0.29, 0.717) is 19.4 Å². The quantitative estimate of drug-likeness (QED) is 0.686. The molecule has 5 heteroatoms. The van der Waals surface area contributed by atoms with Gasteiger partial charge in [0.1, 0.15) is 11.5 Å². The summed E-state index contributed by atoms with van der Waals surface area (Å²) in [7, 11) is 0. The van der Waals surface area contributed by atoms with Crippen molar-refractivity contribution in [1.29, 1.82) is 0 Å². The number of carbonyl (C=O) groups is 1. The predicted octanol–water partition coefficient (Wildman–Crippen LogP) is 4.05. The summed E-state index contributed by atoms with van der Waals surface area (Å²) in [6, 6.07) is 13.3. The number of benzene rings is 1. The van der Waals surface area contributed by atoms with Crippen molar-refractivity contribution < 1.29 is 13.7 Å². The van der Waals surface area contributed by atoms with E-state index >= 15 is 0 Å². The number of hydrogen-bond acceptors (Lipinski definition) is 4. The molecule has 0 unspecified atom stereocenters. The Morgan fingerprint density at radius 2 is 1.92 bits per heavy atom. The third kappa shape index (κ3) is 3.56. The second-order valence-corrected chi connectivity index (χ2v) is 5.70. The molecule has 0 atom stereocenters. The maximum absolute atomic E-state index is 12.8. The Balaban J connectivity index is 1.76. The normalized spacial score (nSPS) is 10.8. The lowest BCUT2D eigenvalue weighted by Gasteiger charge is -2.22. The molecule has 1 amide bonds. The van der Waals surface area contributed by atoms with Crippen LogP contribution >= 0.6 is 0 Å². The number of nitrogens with zero attached hydrogens (tertiary/aromatic N) is 2. The number of para-hydroxylation sites is 1. The van der Waals surface area contributed by atoms with Crippen LogP contribution in [0.3, 0.4) is 0 Å². The molecule has 0 aliphatic heterocycles. The smallest absolute Gasteiger partial charge is 0.227 e. The molecular formula is C19H20N2O3. The predicted molar refractivity (Wildman–Crippen MR) is 90.6 cm³/mol. The lowest BCUT2D eigenvalue weighted by Crippen LogP contribution is -2.30. The summed E-state index contributed by atoms with van der Waals surface area (Å²) in [6.45, 7) is 4.18. The van der Waals surface area contributed by atoms with Gasteiger partial charge in [-0.2, -0.15) is 0 Å². The number of aromatic nitrogens is 1. The Bertz CT molecular complexity index is 772. The van der Waals surface area contributed by atoms with Crippen molar-refractivity contribution in [3.05, 3.63) is 71.5 Å². The highest BCUT2D eigenvalue weighted by molar-refractivity contribution is 5.93. The van der Waals surface area contributed by atoms with Crippen LogP contribution in [0.5, 0.6) is 0 Å². The van der Waals surface area contributed by atoms with E-state index in [4.69, 9.17) is 8.94 Å². The van der Waals surface area contributed by atoms with Crippen LogP contribution in [-0.4, -0.2) is 11.1 Å². The van der Waals surface area contributed by atoms with E-state index in [1.165, 1.54) is 0 Å². The van der Waals surface area contributed by atoms with Gasteiger partial charge in [-0.15, -0.1) is 0 Å². The number of carbonyl (C=O) groups excluding carboxylic acids is 1. The van der Waals surface area contributed by atoms with Crippen LogP contribution in [0.15, 0.2) is 57.7 Å². The van der Waals surface area contributed by atoms with Gasteiger partial charge in [0.2, 0.25) is 5.91 Å². The second kappa shape index (κ2) is 7.17. The highest BCUT2D eigenvalue weighted by Gasteiger charge is 2.19. The van der Waals surface area contributed by atoms with E-state index in [9.17, 15) is 4.79 Å². The summed E-state index contributed by atoms with van der Waals surface area (Å²) in [5.74, 6) is 1.57. The lowest BCUT2D eigenvalue weighted by molar-refractivity contribution is -0.118. The van der Waals surface area contributed by atoms with Crippen molar-refractivity contribution in [2.24, 2.45) is 0 Å². The molecule has 0 aliphatic rings. The molecule has 124 valence electrons. The summed E-state index contributed by atoms with van der Waals surface area (Å²) in [6.07, 6.45) is 2.62. The van der Waals surface area contributed by atoms with Gasteiger partial charge in [-0.25, -0.2) is 0 Å². The molecule has 0 radical (unpaired) electrons. The standard InChI is InChI=1S/C19H20N2O3/c1-14-18(15(2)24-20-14)10-11-19(22)21(13-17-9-6-12-23-17)16-7-4-3-5-8-16/h3-9,12H,10-11,13H2,1-2H3. The number of anilines is 1. The zero-order valence-corrected chi connectivity index (χ0v) is 13.9. The average molecular weight is 324 g/mol. The van der Waals surface area contributed by atoms with Crippen LogP contribution < -0.4 is 4.90 Å². The summed E-state index contributed by atoms with van der Waals surface area (Å²) in [5, 5.41) is 3.94.